The number of nitrogens with one attached hydrogen (secondary N) is 4. The maximum atomic E-state index is 14.7. The van der Waals surface area contributed by atoms with E-state index in [9.17, 15) is 23.2 Å². The van der Waals surface area contributed by atoms with Crippen molar-refractivity contribution in [2.45, 2.75) is 57.2 Å². The number of carbonyl (C=O) groups excluding carboxylic acids is 3. The molecule has 0 spiro atoms. The van der Waals surface area contributed by atoms with E-state index in [-0.39, 0.29) is 59.1 Å². The lowest BCUT2D eigenvalue weighted by atomic mass is 9.91. The molecule has 2 aliphatic rings. The Morgan fingerprint density at radius 2 is 1.62 bits per heavy atom. The zero-order chi connectivity index (χ0) is 46.0. The number of carbonyl (C=O) groups is 3. The number of amides is 4. The van der Waals surface area contributed by atoms with Crippen molar-refractivity contribution >= 4 is 69.8 Å². The van der Waals surface area contributed by atoms with Crippen LogP contribution < -0.4 is 43.4 Å². The van der Waals surface area contributed by atoms with Gasteiger partial charge < -0.3 is 47.9 Å². The molecular formula is C46H49ClF2N12O4. The molecule has 4 aromatic carbocycles. The van der Waals surface area contributed by atoms with E-state index < -0.39 is 17.6 Å². The molecule has 3 heterocycles. The third-order valence-corrected chi connectivity index (χ3v) is 11.3. The molecular weight excluding hydrogens is 858 g/mol. The van der Waals surface area contributed by atoms with E-state index in [0.29, 0.717) is 39.2 Å². The number of aromatic nitrogens is 3. The monoisotopic (exact) mass is 906 g/mol. The Hall–Kier alpha value is -7.31. The molecule has 10 N–H and O–H groups in total. The van der Waals surface area contributed by atoms with E-state index in [4.69, 9.17) is 33.3 Å². The van der Waals surface area contributed by atoms with E-state index in [1.165, 1.54) is 29.3 Å². The van der Waals surface area contributed by atoms with Crippen LogP contribution in [0.25, 0.3) is 11.3 Å². The second-order valence-electron chi connectivity index (χ2n) is 15.6. The SMILES string of the molecule is CN(C(=O)N1CCCC1)c1cc(Nc2ncc(C(N)=O)c(NCc3cccc(F)c3)n2)ccc1Cl.NC(=O)c1cc(F)c(N[C@@H]2CCCC[C@@H]2N)cc1Nc1cc(-c2ccccc2)no1. The summed E-state index contributed by atoms with van der Waals surface area (Å²) in [5, 5.41) is 16.7. The maximum Gasteiger partial charge on any atom is 0.324 e. The highest BCUT2D eigenvalue weighted by molar-refractivity contribution is 6.34. The first kappa shape index (κ1) is 45.7. The van der Waals surface area contributed by atoms with Gasteiger partial charge >= 0.3 is 6.03 Å². The molecule has 8 rings (SSSR count). The molecule has 0 radical (unpaired) electrons. The van der Waals surface area contributed by atoms with Crippen LogP contribution in [-0.2, 0) is 6.54 Å². The number of hydrogen-bond donors (Lipinski definition) is 7. The summed E-state index contributed by atoms with van der Waals surface area (Å²) in [6.45, 7) is 1.68. The first-order chi connectivity index (χ1) is 31.3. The Balaban J connectivity index is 0.000000196. The minimum absolute atomic E-state index is 0.0173. The third-order valence-electron chi connectivity index (χ3n) is 11.0. The molecule has 16 nitrogen and oxygen atoms in total. The van der Waals surface area contributed by atoms with Crippen molar-refractivity contribution in [2.75, 3.05) is 46.3 Å². The van der Waals surface area contributed by atoms with Crippen molar-refractivity contribution in [1.82, 2.24) is 20.0 Å². The first-order valence-electron chi connectivity index (χ1n) is 21.0. The van der Waals surface area contributed by atoms with Crippen LogP contribution in [0, 0.1) is 11.6 Å². The first-order valence-corrected chi connectivity index (χ1v) is 21.4. The lowest BCUT2D eigenvalue weighted by Gasteiger charge is -2.30. The predicted octanol–water partition coefficient (Wildman–Crippen LogP) is 8.38. The summed E-state index contributed by atoms with van der Waals surface area (Å²) in [5.41, 5.74) is 21.1. The van der Waals surface area contributed by atoms with Gasteiger partial charge in [0.25, 0.3) is 11.8 Å². The van der Waals surface area contributed by atoms with Crippen molar-refractivity contribution in [3.8, 4) is 11.3 Å². The number of primary amides is 2. The fourth-order valence-electron chi connectivity index (χ4n) is 7.53. The molecule has 1 aliphatic heterocycles. The number of urea groups is 1. The van der Waals surface area contributed by atoms with Gasteiger partial charge in [-0.25, -0.2) is 18.6 Å². The number of rotatable bonds is 13. The second-order valence-corrected chi connectivity index (χ2v) is 16.0. The van der Waals surface area contributed by atoms with Crippen LogP contribution in [0.5, 0.6) is 0 Å². The number of nitrogens with two attached hydrogens (primary N) is 3. The van der Waals surface area contributed by atoms with Gasteiger partial charge in [0.2, 0.25) is 11.8 Å². The van der Waals surface area contributed by atoms with E-state index >= 15 is 0 Å². The molecule has 2 fully saturated rings. The molecule has 2 aromatic heterocycles. The minimum Gasteiger partial charge on any atom is -0.378 e. The van der Waals surface area contributed by atoms with Gasteiger partial charge in [-0.2, -0.15) is 4.98 Å². The third kappa shape index (κ3) is 11.6. The van der Waals surface area contributed by atoms with Crippen LogP contribution >= 0.6 is 11.6 Å². The van der Waals surface area contributed by atoms with Crippen molar-refractivity contribution in [3.63, 3.8) is 0 Å². The highest BCUT2D eigenvalue weighted by atomic mass is 35.5. The van der Waals surface area contributed by atoms with Gasteiger partial charge in [-0.1, -0.05) is 72.1 Å². The largest absolute Gasteiger partial charge is 0.378 e. The molecule has 1 saturated carbocycles. The number of anilines is 7. The summed E-state index contributed by atoms with van der Waals surface area (Å²) in [7, 11) is 1.68. The summed E-state index contributed by atoms with van der Waals surface area (Å²) in [5.74, 6) is -1.67. The summed E-state index contributed by atoms with van der Waals surface area (Å²) >= 11 is 6.38. The number of halogens is 3. The van der Waals surface area contributed by atoms with Crippen molar-refractivity contribution in [2.24, 2.45) is 17.2 Å². The predicted molar refractivity (Wildman–Crippen MR) is 248 cm³/mol. The van der Waals surface area contributed by atoms with Gasteiger partial charge in [-0.05, 0) is 73.7 Å². The molecule has 338 valence electrons. The maximum absolute atomic E-state index is 14.7. The molecule has 65 heavy (non-hydrogen) atoms. The summed E-state index contributed by atoms with van der Waals surface area (Å²) in [4.78, 5) is 48.4. The van der Waals surface area contributed by atoms with E-state index in [1.54, 1.807) is 48.3 Å². The van der Waals surface area contributed by atoms with Gasteiger partial charge in [-0.15, -0.1) is 0 Å². The Morgan fingerprint density at radius 1 is 0.862 bits per heavy atom. The molecule has 1 aliphatic carbocycles. The van der Waals surface area contributed by atoms with Crippen LogP contribution in [0.4, 0.5) is 54.0 Å². The number of hydrogen-bond acceptors (Lipinski definition) is 12. The Bertz CT molecular complexity index is 2650. The van der Waals surface area contributed by atoms with E-state index in [2.05, 4.69) is 36.4 Å². The Morgan fingerprint density at radius 3 is 2.34 bits per heavy atom. The number of benzene rings is 4. The zero-order valence-corrected chi connectivity index (χ0v) is 36.2. The fraction of sp³-hybridized carbons (Fsp3) is 0.261. The van der Waals surface area contributed by atoms with Crippen LogP contribution in [0.3, 0.4) is 0 Å². The molecule has 0 unspecified atom stereocenters. The average Bonchev–Trinajstić information content (AvgIpc) is 4.02. The van der Waals surface area contributed by atoms with Crippen molar-refractivity contribution in [1.29, 1.82) is 0 Å². The Labute approximate surface area is 378 Å². The average molecular weight is 907 g/mol. The van der Waals surface area contributed by atoms with Gasteiger partial charge in [0.1, 0.15) is 23.1 Å². The standard InChI is InChI=1S/C24H25ClFN7O2.C22H24FN5O2/c1-32(24(35)33-9-2-3-10-33)20-12-17(7-8-19(20)25)30-23-29-14-18(21(27)34)22(31-23)28-13-15-5-4-6-16(26)11-15;23-15-10-14(22(25)29)19(11-20(15)26-17-9-5-4-8-16(17)24)27-21-12-18(28-30-21)13-6-2-1-3-7-13/h4-8,11-12,14H,2-3,9-10,13H2,1H3,(H2,27,34)(H2,28,29,30,31);1-3,6-7,10-12,16-17,26-27H,4-5,8-9,24H2,(H2,25,29)/t;16-,17+/m.0/s1. The van der Waals surface area contributed by atoms with Gasteiger partial charge in [0.05, 0.1) is 33.2 Å². The van der Waals surface area contributed by atoms with Crippen LogP contribution in [0.2, 0.25) is 5.02 Å². The van der Waals surface area contributed by atoms with E-state index in [1.807, 2.05) is 30.3 Å². The highest BCUT2D eigenvalue weighted by Crippen LogP contribution is 2.33. The lowest BCUT2D eigenvalue weighted by molar-refractivity contribution is 0.0992. The molecule has 4 amide bonds. The van der Waals surface area contributed by atoms with Crippen LogP contribution in [0.1, 0.15) is 64.8 Å². The summed E-state index contributed by atoms with van der Waals surface area (Å²) in [6.07, 6.45) is 7.16. The molecule has 6 aromatic rings. The van der Waals surface area contributed by atoms with Crippen molar-refractivity contribution < 1.29 is 27.7 Å². The lowest BCUT2D eigenvalue weighted by Crippen LogP contribution is -2.42. The van der Waals surface area contributed by atoms with Crippen LogP contribution in [-0.4, -0.2) is 70.1 Å². The molecule has 2 atom stereocenters. The van der Waals surface area contributed by atoms with Gasteiger partial charge in [-0.3, -0.25) is 14.5 Å². The van der Waals surface area contributed by atoms with E-state index in [0.717, 1.165) is 63.2 Å². The van der Waals surface area contributed by atoms with Gasteiger partial charge in [0.15, 0.2) is 0 Å². The molecule has 1 saturated heterocycles. The summed E-state index contributed by atoms with van der Waals surface area (Å²) in [6, 6.07) is 24.9. The second kappa shape index (κ2) is 20.9. The zero-order valence-electron chi connectivity index (χ0n) is 35.5. The number of likely N-dealkylation sites (tertiary alicyclic amines) is 1. The molecule has 0 bridgehead atoms. The smallest absolute Gasteiger partial charge is 0.324 e. The summed E-state index contributed by atoms with van der Waals surface area (Å²) < 4.78 is 33.5. The topological polar surface area (TPSA) is 236 Å². The minimum atomic E-state index is -0.750. The molecule has 19 heteroatoms. The normalized spacial score (nSPS) is 15.6. The highest BCUT2D eigenvalue weighted by Gasteiger charge is 2.26. The fourth-order valence-corrected chi connectivity index (χ4v) is 7.78. The van der Waals surface area contributed by atoms with Gasteiger partial charge in [0, 0.05) is 62.3 Å². The number of nitrogens with zero attached hydrogens (tertiary/aromatic N) is 5. The quantitative estimate of drug-likeness (QED) is 0.0579. The van der Waals surface area contributed by atoms with Crippen LogP contribution in [0.15, 0.2) is 102 Å². The Kier molecular flexibility index (Phi) is 14.7. The van der Waals surface area contributed by atoms with Crippen molar-refractivity contribution in [3.05, 3.63) is 131 Å².